The molecule has 0 radical (unpaired) electrons. The maximum Gasteiger partial charge on any atom is 0.387 e. The Bertz CT molecular complexity index is 711. The van der Waals surface area contributed by atoms with E-state index < -0.39 is 12.7 Å². The van der Waals surface area contributed by atoms with Gasteiger partial charge in [0.25, 0.3) is 5.91 Å². The van der Waals surface area contributed by atoms with E-state index in [4.69, 9.17) is 14.2 Å². The number of hydrogen-bond acceptors (Lipinski definition) is 6. The van der Waals surface area contributed by atoms with Gasteiger partial charge in [-0.05, 0) is 37.0 Å². The number of nitrogens with zero attached hydrogens (tertiary/aromatic N) is 1. The topological polar surface area (TPSA) is 69.3 Å². The smallest absolute Gasteiger partial charge is 0.387 e. The highest BCUT2D eigenvalue weighted by molar-refractivity contribution is 5.82. The van der Waals surface area contributed by atoms with Crippen molar-refractivity contribution in [2.45, 2.75) is 57.4 Å². The molecule has 1 aliphatic carbocycles. The maximum atomic E-state index is 13.3. The summed E-state index contributed by atoms with van der Waals surface area (Å²) in [6.45, 7) is 1.60. The second-order valence-electron chi connectivity index (χ2n) is 7.74. The lowest BCUT2D eigenvalue weighted by atomic mass is 10.0. The first kappa shape index (κ1) is 23.7. The van der Waals surface area contributed by atoms with Crippen LogP contribution in [0.5, 0.6) is 11.5 Å². The molecule has 3 rings (SSSR count). The average Bonchev–Trinajstić information content (AvgIpc) is 3.61. The molecule has 1 aromatic rings. The van der Waals surface area contributed by atoms with Gasteiger partial charge in [-0.3, -0.25) is 4.79 Å². The van der Waals surface area contributed by atoms with Gasteiger partial charge in [-0.1, -0.05) is 13.0 Å². The largest absolute Gasteiger partial charge is 0.490 e. The molecule has 1 N–H and O–H groups in total. The Balaban J connectivity index is 1.83. The molecular formula is C22H32F2N2O5. The number of carbonyl (C=O) groups excluding carboxylic acids is 1. The number of hydrogen-bond donors (Lipinski definition) is 1. The van der Waals surface area contributed by atoms with Gasteiger partial charge in [0.05, 0.1) is 19.3 Å². The molecule has 1 heterocycles. The minimum absolute atomic E-state index is 0.0184. The van der Waals surface area contributed by atoms with Crippen LogP contribution in [-0.2, 0) is 14.3 Å². The van der Waals surface area contributed by atoms with E-state index in [1.54, 1.807) is 19.2 Å². The molecule has 7 nitrogen and oxygen atoms in total. The molecule has 2 atom stereocenters. The summed E-state index contributed by atoms with van der Waals surface area (Å²) in [4.78, 5) is 15.2. The molecule has 1 saturated carbocycles. The molecule has 0 bridgehead atoms. The van der Waals surface area contributed by atoms with Crippen LogP contribution in [0.4, 0.5) is 8.78 Å². The first-order chi connectivity index (χ1) is 15.0. The fraction of sp³-hybridized carbons (Fsp3) is 0.682. The van der Waals surface area contributed by atoms with Crippen LogP contribution in [0.2, 0.25) is 0 Å². The van der Waals surface area contributed by atoms with E-state index in [0.29, 0.717) is 39.2 Å². The third-order valence-electron chi connectivity index (χ3n) is 5.44. The Morgan fingerprint density at radius 1 is 1.29 bits per heavy atom. The number of rotatable bonds is 12. The lowest BCUT2D eigenvalue weighted by Gasteiger charge is -2.36. The van der Waals surface area contributed by atoms with Crippen LogP contribution in [0.1, 0.15) is 44.2 Å². The van der Waals surface area contributed by atoms with Gasteiger partial charge in [0.15, 0.2) is 11.5 Å². The van der Waals surface area contributed by atoms with Gasteiger partial charge in [-0.25, -0.2) is 0 Å². The van der Waals surface area contributed by atoms with E-state index in [2.05, 4.69) is 10.1 Å². The molecule has 31 heavy (non-hydrogen) atoms. The monoisotopic (exact) mass is 442 g/mol. The number of morpholine rings is 1. The first-order valence-electron chi connectivity index (χ1n) is 10.9. The van der Waals surface area contributed by atoms with Gasteiger partial charge in [0.2, 0.25) is 0 Å². The second kappa shape index (κ2) is 11.6. The molecule has 1 aromatic carbocycles. The van der Waals surface area contributed by atoms with Gasteiger partial charge in [0, 0.05) is 39.3 Å². The van der Waals surface area contributed by atoms with Crippen LogP contribution in [0.3, 0.4) is 0 Å². The summed E-state index contributed by atoms with van der Waals surface area (Å²) in [5, 5.41) is 3.20. The predicted molar refractivity (Wildman–Crippen MR) is 111 cm³/mol. The van der Waals surface area contributed by atoms with Gasteiger partial charge >= 0.3 is 6.61 Å². The fourth-order valence-corrected chi connectivity index (χ4v) is 3.85. The fourth-order valence-electron chi connectivity index (χ4n) is 3.85. The van der Waals surface area contributed by atoms with Crippen molar-refractivity contribution >= 4 is 5.91 Å². The van der Waals surface area contributed by atoms with E-state index in [1.165, 1.54) is 6.07 Å². The lowest BCUT2D eigenvalue weighted by molar-refractivity contribution is -0.148. The summed E-state index contributed by atoms with van der Waals surface area (Å²) in [6, 6.07) is 4.90. The normalized spacial score (nSPS) is 19.8. The number of benzene rings is 1. The Morgan fingerprint density at radius 2 is 2.10 bits per heavy atom. The van der Waals surface area contributed by atoms with E-state index >= 15 is 0 Å². The molecule has 0 spiro atoms. The van der Waals surface area contributed by atoms with E-state index in [9.17, 15) is 13.6 Å². The third kappa shape index (κ3) is 6.51. The summed E-state index contributed by atoms with van der Waals surface area (Å²) in [6.07, 6.45) is 2.70. The van der Waals surface area contributed by atoms with E-state index in [1.807, 2.05) is 11.8 Å². The van der Waals surface area contributed by atoms with Crippen LogP contribution in [-0.4, -0.2) is 69.6 Å². The summed E-state index contributed by atoms with van der Waals surface area (Å²) in [5.74, 6) is 0.193. The highest BCUT2D eigenvalue weighted by atomic mass is 19.3. The van der Waals surface area contributed by atoms with Crippen LogP contribution >= 0.6 is 0 Å². The molecule has 174 valence electrons. The lowest BCUT2D eigenvalue weighted by Crippen LogP contribution is -2.51. The van der Waals surface area contributed by atoms with E-state index in [0.717, 1.165) is 24.9 Å². The molecule has 1 amide bonds. The molecule has 9 heteroatoms. The third-order valence-corrected chi connectivity index (χ3v) is 5.44. The standard InChI is InChI=1S/C22H32F2N2O5/c1-3-17(26(16-6-7-16)21(27)20-14-25-9-12-30-20)15-5-8-18(31-22(23)24)19(13-15)29-11-4-10-28-2/h5,8,13,16-17,20,22,25H,3-4,6-7,9-12,14H2,1-2H3/t17-,20-/m1/s1. The highest BCUT2D eigenvalue weighted by Gasteiger charge is 2.41. The van der Waals surface area contributed by atoms with Crippen molar-refractivity contribution in [1.82, 2.24) is 10.2 Å². The van der Waals surface area contributed by atoms with Crippen LogP contribution in [0, 0.1) is 0 Å². The van der Waals surface area contributed by atoms with Gasteiger partial charge < -0.3 is 29.2 Å². The quantitative estimate of drug-likeness (QED) is 0.502. The molecule has 2 fully saturated rings. The Labute approximate surface area is 182 Å². The Kier molecular flexibility index (Phi) is 8.86. The number of carbonyl (C=O) groups is 1. The van der Waals surface area contributed by atoms with Gasteiger partial charge in [-0.2, -0.15) is 8.78 Å². The predicted octanol–water partition coefficient (Wildman–Crippen LogP) is 3.13. The molecule has 2 aliphatic rings. The van der Waals surface area contributed by atoms with Crippen molar-refractivity contribution in [3.63, 3.8) is 0 Å². The van der Waals surface area contributed by atoms with Crippen LogP contribution in [0.15, 0.2) is 18.2 Å². The molecule has 0 aromatic heterocycles. The van der Waals surface area contributed by atoms with Crippen molar-refractivity contribution in [3.8, 4) is 11.5 Å². The van der Waals surface area contributed by atoms with Crippen LogP contribution < -0.4 is 14.8 Å². The van der Waals surface area contributed by atoms with Crippen molar-refractivity contribution < 1.29 is 32.5 Å². The Hall–Kier alpha value is -1.97. The number of alkyl halides is 2. The van der Waals surface area contributed by atoms with Crippen LogP contribution in [0.25, 0.3) is 0 Å². The SMILES string of the molecule is CC[C@H](c1ccc(OC(F)F)c(OCCCOC)c1)N(C(=O)[C@H]1CNCCO1)C1CC1. The summed E-state index contributed by atoms with van der Waals surface area (Å²) >= 11 is 0. The molecule has 1 aliphatic heterocycles. The zero-order chi connectivity index (χ0) is 22.2. The molecule has 0 unspecified atom stereocenters. The summed E-state index contributed by atoms with van der Waals surface area (Å²) in [7, 11) is 1.59. The first-order valence-corrected chi connectivity index (χ1v) is 10.9. The number of ether oxygens (including phenoxy) is 4. The van der Waals surface area contributed by atoms with E-state index in [-0.39, 0.29) is 29.5 Å². The number of nitrogens with one attached hydrogen (secondary N) is 1. The average molecular weight is 443 g/mol. The minimum atomic E-state index is -2.95. The Morgan fingerprint density at radius 3 is 2.71 bits per heavy atom. The number of halogens is 2. The molecular weight excluding hydrogens is 410 g/mol. The van der Waals surface area contributed by atoms with Crippen molar-refractivity contribution in [1.29, 1.82) is 0 Å². The zero-order valence-electron chi connectivity index (χ0n) is 18.1. The van der Waals surface area contributed by atoms with Gasteiger partial charge in [0.1, 0.15) is 6.10 Å². The highest BCUT2D eigenvalue weighted by Crippen LogP contribution is 2.40. The number of methoxy groups -OCH3 is 1. The zero-order valence-corrected chi connectivity index (χ0v) is 18.1. The molecule has 1 saturated heterocycles. The summed E-state index contributed by atoms with van der Waals surface area (Å²) < 4.78 is 46.8. The van der Waals surface area contributed by atoms with Crippen molar-refractivity contribution in [2.75, 3.05) is 40.0 Å². The second-order valence-corrected chi connectivity index (χ2v) is 7.74. The minimum Gasteiger partial charge on any atom is -0.490 e. The van der Waals surface area contributed by atoms with Crippen molar-refractivity contribution in [2.24, 2.45) is 0 Å². The van der Waals surface area contributed by atoms with Crippen molar-refractivity contribution in [3.05, 3.63) is 23.8 Å². The maximum absolute atomic E-state index is 13.3. The number of amides is 1. The summed E-state index contributed by atoms with van der Waals surface area (Å²) in [5.41, 5.74) is 0.829. The van der Waals surface area contributed by atoms with Gasteiger partial charge in [-0.15, -0.1) is 0 Å².